The standard InChI is InChI=1S/C16H25N3O/c1-12-5-7-15(8-6-12)19(11-16(18)20)10-13-3-2-4-14(17)9-13/h2-4,9,12,15H,5-8,10-11,17H2,1H3,(H2,18,20). The molecule has 20 heavy (non-hydrogen) atoms. The molecule has 1 aromatic rings. The minimum absolute atomic E-state index is 0.257. The molecule has 4 nitrogen and oxygen atoms in total. The number of nitrogens with zero attached hydrogens (tertiary/aromatic N) is 1. The van der Waals surface area contributed by atoms with Gasteiger partial charge in [-0.2, -0.15) is 0 Å². The minimum atomic E-state index is -0.257. The molecular formula is C16H25N3O. The Morgan fingerprint density at radius 3 is 2.60 bits per heavy atom. The summed E-state index contributed by atoms with van der Waals surface area (Å²) in [5, 5.41) is 0. The minimum Gasteiger partial charge on any atom is -0.399 e. The third-order valence-electron chi connectivity index (χ3n) is 4.20. The van der Waals surface area contributed by atoms with Crippen LogP contribution in [0.15, 0.2) is 24.3 Å². The average Bonchev–Trinajstić information content (AvgIpc) is 2.38. The summed E-state index contributed by atoms with van der Waals surface area (Å²) in [7, 11) is 0. The van der Waals surface area contributed by atoms with E-state index in [1.165, 1.54) is 12.8 Å². The van der Waals surface area contributed by atoms with Crippen LogP contribution in [0.3, 0.4) is 0 Å². The summed E-state index contributed by atoms with van der Waals surface area (Å²) in [6.07, 6.45) is 4.77. The van der Waals surface area contributed by atoms with Crippen LogP contribution in [0, 0.1) is 5.92 Å². The van der Waals surface area contributed by atoms with Crippen LogP contribution in [0.1, 0.15) is 38.2 Å². The molecule has 0 heterocycles. The molecule has 1 aliphatic carbocycles. The fourth-order valence-electron chi connectivity index (χ4n) is 3.05. The van der Waals surface area contributed by atoms with Crippen LogP contribution >= 0.6 is 0 Å². The fraction of sp³-hybridized carbons (Fsp3) is 0.562. The molecule has 0 unspecified atom stereocenters. The van der Waals surface area contributed by atoms with Gasteiger partial charge in [0.1, 0.15) is 0 Å². The summed E-state index contributed by atoms with van der Waals surface area (Å²) in [5.74, 6) is 0.543. The number of anilines is 1. The van der Waals surface area contributed by atoms with Crippen molar-refractivity contribution in [3.8, 4) is 0 Å². The van der Waals surface area contributed by atoms with Crippen LogP contribution in [0.4, 0.5) is 5.69 Å². The van der Waals surface area contributed by atoms with E-state index in [-0.39, 0.29) is 5.91 Å². The van der Waals surface area contributed by atoms with Crippen LogP contribution in [0.2, 0.25) is 0 Å². The smallest absolute Gasteiger partial charge is 0.231 e. The van der Waals surface area contributed by atoms with Gasteiger partial charge >= 0.3 is 0 Å². The number of carbonyl (C=O) groups is 1. The topological polar surface area (TPSA) is 72.3 Å². The maximum atomic E-state index is 11.3. The van der Waals surface area contributed by atoms with Gasteiger partial charge in [-0.15, -0.1) is 0 Å². The molecule has 2 rings (SSSR count). The summed E-state index contributed by atoms with van der Waals surface area (Å²) >= 11 is 0. The van der Waals surface area contributed by atoms with E-state index < -0.39 is 0 Å². The second-order valence-electron chi connectivity index (χ2n) is 6.03. The normalized spacial score (nSPS) is 22.9. The van der Waals surface area contributed by atoms with Crippen LogP contribution in [0.5, 0.6) is 0 Å². The van der Waals surface area contributed by atoms with E-state index >= 15 is 0 Å². The maximum absolute atomic E-state index is 11.3. The van der Waals surface area contributed by atoms with E-state index in [9.17, 15) is 4.79 Å². The fourth-order valence-corrected chi connectivity index (χ4v) is 3.05. The molecule has 1 aliphatic rings. The molecule has 0 radical (unpaired) electrons. The van der Waals surface area contributed by atoms with Gasteiger partial charge in [0, 0.05) is 18.3 Å². The van der Waals surface area contributed by atoms with E-state index in [4.69, 9.17) is 11.5 Å². The monoisotopic (exact) mass is 275 g/mol. The molecule has 1 aromatic carbocycles. The first kappa shape index (κ1) is 14.9. The van der Waals surface area contributed by atoms with E-state index in [0.29, 0.717) is 12.6 Å². The summed E-state index contributed by atoms with van der Waals surface area (Å²) < 4.78 is 0. The Kier molecular flexibility index (Phi) is 5.01. The molecule has 1 saturated carbocycles. The van der Waals surface area contributed by atoms with Gasteiger partial charge in [-0.1, -0.05) is 19.1 Å². The van der Waals surface area contributed by atoms with Crippen LogP contribution in [0.25, 0.3) is 0 Å². The predicted octanol–water partition coefficient (Wildman–Crippen LogP) is 2.13. The number of carbonyl (C=O) groups excluding carboxylic acids is 1. The highest BCUT2D eigenvalue weighted by Crippen LogP contribution is 2.28. The summed E-state index contributed by atoms with van der Waals surface area (Å²) in [5.41, 5.74) is 13.1. The Labute approximate surface area is 121 Å². The molecule has 0 saturated heterocycles. The molecule has 1 amide bonds. The molecular weight excluding hydrogens is 250 g/mol. The number of nitrogens with two attached hydrogens (primary N) is 2. The Balaban J connectivity index is 2.05. The highest BCUT2D eigenvalue weighted by atomic mass is 16.1. The van der Waals surface area contributed by atoms with Gasteiger partial charge in [0.2, 0.25) is 5.91 Å². The first-order chi connectivity index (χ1) is 9.54. The van der Waals surface area contributed by atoms with E-state index in [0.717, 1.165) is 36.6 Å². The van der Waals surface area contributed by atoms with Crippen molar-refractivity contribution in [2.75, 3.05) is 12.3 Å². The molecule has 0 aliphatic heterocycles. The van der Waals surface area contributed by atoms with Crippen molar-refractivity contribution in [1.82, 2.24) is 4.90 Å². The Morgan fingerprint density at radius 2 is 2.00 bits per heavy atom. The summed E-state index contributed by atoms with van der Waals surface area (Å²) in [6.45, 7) is 3.37. The number of primary amides is 1. The number of benzene rings is 1. The maximum Gasteiger partial charge on any atom is 0.231 e. The van der Waals surface area contributed by atoms with Gasteiger partial charge in [0.25, 0.3) is 0 Å². The van der Waals surface area contributed by atoms with Crippen LogP contribution in [-0.4, -0.2) is 23.4 Å². The highest BCUT2D eigenvalue weighted by Gasteiger charge is 2.25. The van der Waals surface area contributed by atoms with Crippen LogP contribution < -0.4 is 11.5 Å². The van der Waals surface area contributed by atoms with Crippen molar-refractivity contribution in [2.45, 2.75) is 45.2 Å². The van der Waals surface area contributed by atoms with Gasteiger partial charge in [-0.05, 0) is 49.3 Å². The Hall–Kier alpha value is -1.55. The number of amides is 1. The van der Waals surface area contributed by atoms with E-state index in [1.54, 1.807) is 0 Å². The molecule has 0 spiro atoms. The largest absolute Gasteiger partial charge is 0.399 e. The van der Waals surface area contributed by atoms with E-state index in [1.807, 2.05) is 18.2 Å². The van der Waals surface area contributed by atoms with Gasteiger partial charge in [0.15, 0.2) is 0 Å². The van der Waals surface area contributed by atoms with Crippen molar-refractivity contribution in [3.63, 3.8) is 0 Å². The molecule has 0 aromatic heterocycles. The Morgan fingerprint density at radius 1 is 1.30 bits per heavy atom. The van der Waals surface area contributed by atoms with Crippen LogP contribution in [-0.2, 0) is 11.3 Å². The van der Waals surface area contributed by atoms with Gasteiger partial charge in [0.05, 0.1) is 6.54 Å². The zero-order valence-corrected chi connectivity index (χ0v) is 12.2. The van der Waals surface area contributed by atoms with Gasteiger partial charge < -0.3 is 11.5 Å². The lowest BCUT2D eigenvalue weighted by atomic mass is 9.86. The zero-order valence-electron chi connectivity index (χ0n) is 12.2. The molecule has 110 valence electrons. The number of rotatable bonds is 5. The summed E-state index contributed by atoms with van der Waals surface area (Å²) in [4.78, 5) is 13.5. The molecule has 4 heteroatoms. The van der Waals surface area contributed by atoms with Gasteiger partial charge in [-0.3, -0.25) is 9.69 Å². The quantitative estimate of drug-likeness (QED) is 0.809. The predicted molar refractivity (Wildman–Crippen MR) is 81.9 cm³/mol. The Bertz CT molecular complexity index is 453. The number of nitrogen functional groups attached to an aromatic ring is 1. The third kappa shape index (κ3) is 4.23. The molecule has 0 bridgehead atoms. The number of hydrogen-bond donors (Lipinski definition) is 2. The first-order valence-electron chi connectivity index (χ1n) is 7.41. The molecule has 4 N–H and O–H groups in total. The lowest BCUT2D eigenvalue weighted by molar-refractivity contribution is -0.120. The van der Waals surface area contributed by atoms with Gasteiger partial charge in [-0.25, -0.2) is 0 Å². The highest BCUT2D eigenvalue weighted by molar-refractivity contribution is 5.76. The average molecular weight is 275 g/mol. The SMILES string of the molecule is CC1CCC(N(CC(N)=O)Cc2cccc(N)c2)CC1. The second kappa shape index (κ2) is 6.75. The lowest BCUT2D eigenvalue weighted by Crippen LogP contribution is -2.42. The van der Waals surface area contributed by atoms with Crippen molar-refractivity contribution in [1.29, 1.82) is 0 Å². The number of hydrogen-bond acceptors (Lipinski definition) is 3. The first-order valence-corrected chi connectivity index (χ1v) is 7.41. The third-order valence-corrected chi connectivity index (χ3v) is 4.20. The van der Waals surface area contributed by atoms with E-state index in [2.05, 4.69) is 17.9 Å². The van der Waals surface area contributed by atoms with Crippen molar-refractivity contribution in [2.24, 2.45) is 11.7 Å². The lowest BCUT2D eigenvalue weighted by Gasteiger charge is -2.35. The molecule has 1 fully saturated rings. The summed E-state index contributed by atoms with van der Waals surface area (Å²) in [6, 6.07) is 8.32. The molecule has 0 atom stereocenters. The van der Waals surface area contributed by atoms with Crippen molar-refractivity contribution >= 4 is 11.6 Å². The van der Waals surface area contributed by atoms with Crippen molar-refractivity contribution < 1.29 is 4.79 Å². The zero-order chi connectivity index (χ0) is 14.5. The second-order valence-corrected chi connectivity index (χ2v) is 6.03. The van der Waals surface area contributed by atoms with Crippen molar-refractivity contribution in [3.05, 3.63) is 29.8 Å².